The summed E-state index contributed by atoms with van der Waals surface area (Å²) in [6.07, 6.45) is 6.02. The molecular formula is C33H33N7O5. The summed E-state index contributed by atoms with van der Waals surface area (Å²) in [4.78, 5) is 47.0. The van der Waals surface area contributed by atoms with Gasteiger partial charge in [0.1, 0.15) is 11.9 Å². The number of benzene rings is 2. The van der Waals surface area contributed by atoms with Crippen molar-refractivity contribution in [3.8, 4) is 0 Å². The number of aromatic nitrogens is 4. The molecule has 0 fully saturated rings. The Balaban J connectivity index is 1.44. The first-order chi connectivity index (χ1) is 21.7. The van der Waals surface area contributed by atoms with Crippen LogP contribution in [0.2, 0.25) is 0 Å². The van der Waals surface area contributed by atoms with Gasteiger partial charge in [-0.15, -0.1) is 0 Å². The number of nitrogens with zero attached hydrogens (tertiary/aromatic N) is 7. The SMILES string of the molecule is CN(C)C[C@@H]1CCn2cc(c3ccccc32)C2=C(C(=O)N(Cc3cnc([N+](=O)[O-])n3C)C2=O)c2cn(c3ccccc23)CCO1. The Bertz CT molecular complexity index is 2030. The van der Waals surface area contributed by atoms with E-state index in [0.717, 1.165) is 34.8 Å². The fourth-order valence-corrected chi connectivity index (χ4v) is 6.63. The fraction of sp³-hybridized carbons (Fsp3) is 0.303. The van der Waals surface area contributed by atoms with E-state index in [-0.39, 0.29) is 18.6 Å². The van der Waals surface area contributed by atoms with Crippen molar-refractivity contribution in [1.82, 2.24) is 28.5 Å². The molecule has 1 atom stereocenters. The summed E-state index contributed by atoms with van der Waals surface area (Å²) in [5.41, 5.74) is 4.26. The number of aryl methyl sites for hydroxylation is 1. The average Bonchev–Trinajstić information content (AvgIpc) is 3.74. The topological polar surface area (TPSA) is 121 Å². The quantitative estimate of drug-likeness (QED) is 0.168. The van der Waals surface area contributed by atoms with E-state index in [9.17, 15) is 19.7 Å². The van der Waals surface area contributed by atoms with Crippen molar-refractivity contribution in [2.45, 2.75) is 32.2 Å². The molecule has 0 saturated heterocycles. The van der Waals surface area contributed by atoms with Crippen molar-refractivity contribution in [3.05, 3.63) is 94.1 Å². The van der Waals surface area contributed by atoms with Crippen molar-refractivity contribution in [2.75, 3.05) is 27.2 Å². The van der Waals surface area contributed by atoms with Crippen LogP contribution in [0, 0.1) is 10.1 Å². The van der Waals surface area contributed by atoms with Gasteiger partial charge in [-0.05, 0) is 37.6 Å². The van der Waals surface area contributed by atoms with Gasteiger partial charge in [-0.25, -0.2) is 4.57 Å². The van der Waals surface area contributed by atoms with Gasteiger partial charge in [0.15, 0.2) is 0 Å². The largest absolute Gasteiger partial charge is 0.434 e. The molecule has 0 unspecified atom stereocenters. The normalized spacial score (nSPS) is 17.5. The molecule has 12 nitrogen and oxygen atoms in total. The minimum absolute atomic E-state index is 0.00300. The molecule has 0 N–H and O–H groups in total. The number of likely N-dealkylation sites (N-methyl/N-ethyl adjacent to an activating group) is 1. The van der Waals surface area contributed by atoms with Crippen LogP contribution in [0.4, 0.5) is 5.95 Å². The van der Waals surface area contributed by atoms with E-state index in [2.05, 4.69) is 19.0 Å². The minimum Gasteiger partial charge on any atom is -0.390 e. The van der Waals surface area contributed by atoms with Crippen molar-refractivity contribution in [2.24, 2.45) is 7.05 Å². The second kappa shape index (κ2) is 11.1. The maximum atomic E-state index is 14.5. The minimum atomic E-state index is -0.588. The molecule has 230 valence electrons. The van der Waals surface area contributed by atoms with Crippen molar-refractivity contribution in [3.63, 3.8) is 0 Å². The molecule has 12 heteroatoms. The molecule has 2 amide bonds. The maximum absolute atomic E-state index is 14.5. The molecule has 2 aliphatic rings. The van der Waals surface area contributed by atoms with Gasteiger partial charge < -0.3 is 28.9 Å². The second-order valence-electron chi connectivity index (χ2n) is 11.9. The third-order valence-corrected chi connectivity index (χ3v) is 8.77. The number of para-hydroxylation sites is 2. The van der Waals surface area contributed by atoms with Crippen LogP contribution in [0.5, 0.6) is 0 Å². The van der Waals surface area contributed by atoms with E-state index in [1.807, 2.05) is 75.0 Å². The van der Waals surface area contributed by atoms with Crippen molar-refractivity contribution >= 4 is 50.7 Å². The molecule has 0 radical (unpaired) electrons. The number of ether oxygens (including phenoxy) is 1. The fourth-order valence-electron chi connectivity index (χ4n) is 6.63. The summed E-state index contributed by atoms with van der Waals surface area (Å²) in [7, 11) is 5.58. The predicted octanol–water partition coefficient (Wildman–Crippen LogP) is 4.07. The van der Waals surface area contributed by atoms with E-state index >= 15 is 0 Å². The summed E-state index contributed by atoms with van der Waals surface area (Å²) in [5, 5.41) is 13.2. The van der Waals surface area contributed by atoms with Crippen LogP contribution in [-0.4, -0.2) is 78.6 Å². The molecule has 5 heterocycles. The lowest BCUT2D eigenvalue weighted by molar-refractivity contribution is -0.396. The summed E-state index contributed by atoms with van der Waals surface area (Å²) in [6, 6.07) is 15.8. The zero-order valence-corrected chi connectivity index (χ0v) is 25.3. The highest BCUT2D eigenvalue weighted by Gasteiger charge is 2.42. The van der Waals surface area contributed by atoms with Gasteiger partial charge >= 0.3 is 5.95 Å². The van der Waals surface area contributed by atoms with Crippen LogP contribution in [0.15, 0.2) is 67.1 Å². The Hall–Kier alpha value is -5.07. The first-order valence-corrected chi connectivity index (χ1v) is 14.9. The maximum Gasteiger partial charge on any atom is 0.434 e. The van der Waals surface area contributed by atoms with Gasteiger partial charge in [0.2, 0.25) is 0 Å². The van der Waals surface area contributed by atoms with Gasteiger partial charge in [-0.3, -0.25) is 14.5 Å². The predicted molar refractivity (Wildman–Crippen MR) is 169 cm³/mol. The average molecular weight is 608 g/mol. The number of amides is 2. The molecule has 2 aromatic carbocycles. The van der Waals surface area contributed by atoms with Crippen LogP contribution < -0.4 is 0 Å². The third-order valence-electron chi connectivity index (χ3n) is 8.77. The first kappa shape index (κ1) is 28.7. The molecule has 3 aromatic heterocycles. The standard InChI is InChI=1S/C33H33N7O5/c1-35(2)18-22-12-13-37-19-25(23-8-4-6-10-27(23)37)29-30(26-20-38(14-15-45-22)28-11-7-5-9-24(26)28)32(42)39(31(29)41)17-21-16-34-33(36(21)3)40(43)44/h4-11,16,19-20,22H,12-15,17-18H2,1-3H3/t22-/m0/s1. The summed E-state index contributed by atoms with van der Waals surface area (Å²) < 4.78 is 12.0. The highest BCUT2D eigenvalue weighted by Crippen LogP contribution is 2.42. The Kier molecular flexibility index (Phi) is 7.10. The Morgan fingerprint density at radius 2 is 1.51 bits per heavy atom. The number of nitro groups is 1. The van der Waals surface area contributed by atoms with E-state index in [4.69, 9.17) is 4.74 Å². The summed E-state index contributed by atoms with van der Waals surface area (Å²) in [6.45, 7) is 2.34. The van der Waals surface area contributed by atoms with Crippen LogP contribution in [-0.2, 0) is 41.0 Å². The molecule has 2 aliphatic heterocycles. The van der Waals surface area contributed by atoms with Gasteiger partial charge in [-0.1, -0.05) is 41.4 Å². The second-order valence-corrected chi connectivity index (χ2v) is 11.9. The Morgan fingerprint density at radius 1 is 0.933 bits per heavy atom. The number of hydrogen-bond acceptors (Lipinski definition) is 7. The van der Waals surface area contributed by atoms with Crippen LogP contribution in [0.1, 0.15) is 23.2 Å². The first-order valence-electron chi connectivity index (χ1n) is 14.9. The highest BCUT2D eigenvalue weighted by atomic mass is 16.6. The van der Waals surface area contributed by atoms with E-state index < -0.39 is 16.7 Å². The van der Waals surface area contributed by atoms with E-state index in [0.29, 0.717) is 47.7 Å². The lowest BCUT2D eigenvalue weighted by Crippen LogP contribution is -2.31. The monoisotopic (exact) mass is 607 g/mol. The van der Waals surface area contributed by atoms with Gasteiger partial charge in [0, 0.05) is 65.0 Å². The van der Waals surface area contributed by atoms with Crippen LogP contribution in [0.3, 0.4) is 0 Å². The molecule has 0 saturated carbocycles. The van der Waals surface area contributed by atoms with Crippen LogP contribution >= 0.6 is 0 Å². The summed E-state index contributed by atoms with van der Waals surface area (Å²) in [5.74, 6) is -1.25. The third kappa shape index (κ3) is 4.82. The number of imidazole rings is 1. The summed E-state index contributed by atoms with van der Waals surface area (Å²) >= 11 is 0. The molecule has 5 aromatic rings. The van der Waals surface area contributed by atoms with Crippen LogP contribution in [0.25, 0.3) is 33.0 Å². The number of carbonyl (C=O) groups is 2. The number of carbonyl (C=O) groups excluding carboxylic acids is 2. The molecule has 45 heavy (non-hydrogen) atoms. The highest BCUT2D eigenvalue weighted by molar-refractivity contribution is 6.50. The number of fused-ring (bicyclic) bond motifs is 12. The number of hydrogen-bond donors (Lipinski definition) is 0. The lowest BCUT2D eigenvalue weighted by atomic mass is 9.95. The molecule has 0 aliphatic carbocycles. The molecule has 7 rings (SSSR count). The zero-order chi connectivity index (χ0) is 31.4. The number of rotatable bonds is 5. The smallest absolute Gasteiger partial charge is 0.390 e. The molecule has 0 spiro atoms. The van der Waals surface area contributed by atoms with Crippen molar-refractivity contribution < 1.29 is 19.2 Å². The van der Waals surface area contributed by atoms with Gasteiger partial charge in [-0.2, -0.15) is 0 Å². The van der Waals surface area contributed by atoms with E-state index in [1.54, 1.807) is 0 Å². The lowest BCUT2D eigenvalue weighted by Gasteiger charge is -2.22. The van der Waals surface area contributed by atoms with Gasteiger partial charge in [0.05, 0.1) is 37.4 Å². The molecular weight excluding hydrogens is 574 g/mol. The Morgan fingerprint density at radius 3 is 2.07 bits per heavy atom. The van der Waals surface area contributed by atoms with E-state index in [1.165, 1.54) is 22.7 Å². The van der Waals surface area contributed by atoms with Crippen molar-refractivity contribution in [1.29, 1.82) is 0 Å². The zero-order valence-electron chi connectivity index (χ0n) is 25.3. The molecule has 4 bridgehead atoms. The number of imide groups is 1. The Labute approximate surface area is 258 Å². The van der Waals surface area contributed by atoms with Gasteiger partial charge in [0.25, 0.3) is 11.8 Å².